The number of para-hydroxylation sites is 2. The topological polar surface area (TPSA) is 66.9 Å². The van der Waals surface area contributed by atoms with Crippen LogP contribution in [0.3, 0.4) is 0 Å². The fraction of sp³-hybridized carbons (Fsp3) is 0.235. The number of anilines is 2. The van der Waals surface area contributed by atoms with Gasteiger partial charge in [-0.3, -0.25) is 24.2 Å². The van der Waals surface area contributed by atoms with Gasteiger partial charge in [0.1, 0.15) is 13.1 Å². The van der Waals surface area contributed by atoms with Crippen molar-refractivity contribution in [3.05, 3.63) is 46.7 Å². The number of rotatable bonds is 4. The summed E-state index contributed by atoms with van der Waals surface area (Å²) in [5.41, 5.74) is 1.14. The van der Waals surface area contributed by atoms with E-state index >= 15 is 0 Å². The molecule has 2 amide bonds. The molecule has 1 aromatic heterocycles. The maximum atomic E-state index is 12.7. The molecule has 7 heteroatoms. The molecular weight excluding hydrogens is 328 g/mol. The molecule has 0 atom stereocenters. The Morgan fingerprint density at radius 2 is 1.92 bits per heavy atom. The van der Waals surface area contributed by atoms with Crippen LogP contribution in [-0.2, 0) is 14.3 Å². The SMILES string of the molecule is CCOC(=O)CN1C(=O)CN(C(=O)c2cccs2)c2ccccc21. The summed E-state index contributed by atoms with van der Waals surface area (Å²) in [5.74, 6) is -1.01. The third kappa shape index (κ3) is 3.03. The second-order valence-corrected chi connectivity index (χ2v) is 6.09. The molecule has 0 fully saturated rings. The highest BCUT2D eigenvalue weighted by Crippen LogP contribution is 2.34. The van der Waals surface area contributed by atoms with Gasteiger partial charge in [-0.25, -0.2) is 0 Å². The second-order valence-electron chi connectivity index (χ2n) is 5.14. The summed E-state index contributed by atoms with van der Waals surface area (Å²) >= 11 is 1.33. The van der Waals surface area contributed by atoms with Gasteiger partial charge in [0.2, 0.25) is 5.91 Å². The molecule has 2 heterocycles. The van der Waals surface area contributed by atoms with Crippen LogP contribution in [0, 0.1) is 0 Å². The lowest BCUT2D eigenvalue weighted by atomic mass is 10.1. The van der Waals surface area contributed by atoms with Crippen LogP contribution < -0.4 is 9.80 Å². The molecule has 2 aromatic rings. The molecule has 0 unspecified atom stereocenters. The minimum atomic E-state index is -0.473. The Kier molecular flexibility index (Phi) is 4.61. The van der Waals surface area contributed by atoms with Crippen LogP contribution in [0.2, 0.25) is 0 Å². The van der Waals surface area contributed by atoms with E-state index < -0.39 is 5.97 Å². The number of hydrogen-bond acceptors (Lipinski definition) is 5. The lowest BCUT2D eigenvalue weighted by Gasteiger charge is -2.35. The molecule has 0 saturated heterocycles. The Bertz CT molecular complexity index is 773. The highest BCUT2D eigenvalue weighted by Gasteiger charge is 2.34. The molecule has 1 aliphatic rings. The van der Waals surface area contributed by atoms with Gasteiger partial charge in [0, 0.05) is 0 Å². The molecular formula is C17H16N2O4S. The smallest absolute Gasteiger partial charge is 0.326 e. The molecule has 0 saturated carbocycles. The van der Waals surface area contributed by atoms with Crippen LogP contribution in [-0.4, -0.2) is 37.5 Å². The summed E-state index contributed by atoms with van der Waals surface area (Å²) in [5, 5.41) is 1.82. The monoisotopic (exact) mass is 344 g/mol. The summed E-state index contributed by atoms with van der Waals surface area (Å²) in [6.45, 7) is 1.70. The first kappa shape index (κ1) is 16.2. The second kappa shape index (κ2) is 6.84. The number of ether oxygens (including phenoxy) is 1. The zero-order valence-corrected chi connectivity index (χ0v) is 13.9. The Balaban J connectivity index is 1.94. The van der Waals surface area contributed by atoms with E-state index in [1.165, 1.54) is 21.1 Å². The van der Waals surface area contributed by atoms with E-state index in [1.54, 1.807) is 43.3 Å². The first-order valence-corrected chi connectivity index (χ1v) is 8.40. The zero-order valence-electron chi connectivity index (χ0n) is 13.1. The molecule has 0 bridgehead atoms. The predicted molar refractivity (Wildman–Crippen MR) is 91.4 cm³/mol. The number of hydrogen-bond donors (Lipinski definition) is 0. The third-order valence-corrected chi connectivity index (χ3v) is 4.49. The number of amides is 2. The molecule has 1 aliphatic heterocycles. The van der Waals surface area contributed by atoms with Crippen molar-refractivity contribution >= 4 is 40.5 Å². The van der Waals surface area contributed by atoms with Gasteiger partial charge in [0.25, 0.3) is 5.91 Å². The first-order valence-electron chi connectivity index (χ1n) is 7.52. The largest absolute Gasteiger partial charge is 0.465 e. The Morgan fingerprint density at radius 1 is 1.17 bits per heavy atom. The predicted octanol–water partition coefficient (Wildman–Crippen LogP) is 2.30. The van der Waals surface area contributed by atoms with Gasteiger partial charge in [0.05, 0.1) is 22.9 Å². The molecule has 3 rings (SSSR count). The van der Waals surface area contributed by atoms with E-state index in [2.05, 4.69) is 0 Å². The third-order valence-electron chi connectivity index (χ3n) is 3.63. The summed E-state index contributed by atoms with van der Waals surface area (Å²) in [7, 11) is 0. The summed E-state index contributed by atoms with van der Waals surface area (Å²) < 4.78 is 4.93. The Labute approximate surface area is 143 Å². The standard InChI is InChI=1S/C17H16N2O4S/c1-2-23-16(21)11-18-12-6-3-4-7-13(12)19(10-15(18)20)17(22)14-8-5-9-24-14/h3-9H,2,10-11H2,1H3. The normalized spacial score (nSPS) is 13.6. The van der Waals surface area contributed by atoms with Gasteiger partial charge in [-0.2, -0.15) is 0 Å². The number of carbonyl (C=O) groups excluding carboxylic acids is 3. The highest BCUT2D eigenvalue weighted by molar-refractivity contribution is 7.12. The van der Waals surface area contributed by atoms with Gasteiger partial charge in [-0.1, -0.05) is 18.2 Å². The molecule has 24 heavy (non-hydrogen) atoms. The van der Waals surface area contributed by atoms with Crippen LogP contribution >= 0.6 is 11.3 Å². The Hall–Kier alpha value is -2.67. The van der Waals surface area contributed by atoms with Crippen LogP contribution in [0.4, 0.5) is 11.4 Å². The molecule has 0 N–H and O–H groups in total. The highest BCUT2D eigenvalue weighted by atomic mass is 32.1. The molecule has 0 radical (unpaired) electrons. The van der Waals surface area contributed by atoms with E-state index in [9.17, 15) is 14.4 Å². The van der Waals surface area contributed by atoms with Crippen molar-refractivity contribution in [2.24, 2.45) is 0 Å². The van der Waals surface area contributed by atoms with E-state index in [-0.39, 0.29) is 31.5 Å². The fourth-order valence-electron chi connectivity index (χ4n) is 2.58. The molecule has 0 spiro atoms. The molecule has 124 valence electrons. The van der Waals surface area contributed by atoms with Crippen LogP contribution in [0.5, 0.6) is 0 Å². The van der Waals surface area contributed by atoms with Crippen molar-refractivity contribution in [1.82, 2.24) is 0 Å². The van der Waals surface area contributed by atoms with Crippen molar-refractivity contribution < 1.29 is 19.1 Å². The maximum absolute atomic E-state index is 12.7. The van der Waals surface area contributed by atoms with Gasteiger partial charge < -0.3 is 4.74 Å². The average Bonchev–Trinajstić information content (AvgIpc) is 3.11. The number of carbonyl (C=O) groups is 3. The molecule has 1 aromatic carbocycles. The number of benzene rings is 1. The first-order chi connectivity index (χ1) is 11.6. The summed E-state index contributed by atoms with van der Waals surface area (Å²) in [6, 6.07) is 10.6. The van der Waals surface area contributed by atoms with E-state index in [4.69, 9.17) is 4.74 Å². The summed E-state index contributed by atoms with van der Waals surface area (Å²) in [6.07, 6.45) is 0. The average molecular weight is 344 g/mol. The van der Waals surface area contributed by atoms with Crippen molar-refractivity contribution in [3.63, 3.8) is 0 Å². The number of nitrogens with zero attached hydrogens (tertiary/aromatic N) is 2. The van der Waals surface area contributed by atoms with Gasteiger partial charge in [-0.05, 0) is 30.5 Å². The number of esters is 1. The lowest BCUT2D eigenvalue weighted by molar-refractivity contribution is -0.142. The van der Waals surface area contributed by atoms with E-state index in [1.807, 2.05) is 5.38 Å². The quantitative estimate of drug-likeness (QED) is 0.798. The molecule has 6 nitrogen and oxygen atoms in total. The van der Waals surface area contributed by atoms with Crippen LogP contribution in [0.15, 0.2) is 41.8 Å². The van der Waals surface area contributed by atoms with Gasteiger partial charge in [0.15, 0.2) is 0 Å². The Morgan fingerprint density at radius 3 is 2.58 bits per heavy atom. The summed E-state index contributed by atoms with van der Waals surface area (Å²) in [4.78, 5) is 40.3. The van der Waals surface area contributed by atoms with Crippen molar-refractivity contribution in [3.8, 4) is 0 Å². The van der Waals surface area contributed by atoms with Crippen molar-refractivity contribution in [2.45, 2.75) is 6.92 Å². The van der Waals surface area contributed by atoms with Gasteiger partial charge in [-0.15, -0.1) is 11.3 Å². The van der Waals surface area contributed by atoms with Crippen LogP contribution in [0.1, 0.15) is 16.6 Å². The van der Waals surface area contributed by atoms with Crippen molar-refractivity contribution in [2.75, 3.05) is 29.5 Å². The van der Waals surface area contributed by atoms with E-state index in [0.717, 1.165) is 0 Å². The minimum Gasteiger partial charge on any atom is -0.465 e. The lowest BCUT2D eigenvalue weighted by Crippen LogP contribution is -2.49. The molecule has 0 aliphatic carbocycles. The zero-order chi connectivity index (χ0) is 17.1. The maximum Gasteiger partial charge on any atom is 0.326 e. The minimum absolute atomic E-state index is 0.104. The van der Waals surface area contributed by atoms with Crippen LogP contribution in [0.25, 0.3) is 0 Å². The fourth-order valence-corrected chi connectivity index (χ4v) is 3.26. The number of thiophene rings is 1. The van der Waals surface area contributed by atoms with Gasteiger partial charge >= 0.3 is 5.97 Å². The number of fused-ring (bicyclic) bond motifs is 1. The van der Waals surface area contributed by atoms with E-state index in [0.29, 0.717) is 16.3 Å². The van der Waals surface area contributed by atoms with Crippen molar-refractivity contribution in [1.29, 1.82) is 0 Å².